The summed E-state index contributed by atoms with van der Waals surface area (Å²) in [6, 6.07) is 14.9. The summed E-state index contributed by atoms with van der Waals surface area (Å²) in [7, 11) is 1.62. The van der Waals surface area contributed by atoms with Crippen LogP contribution < -0.4 is 20.7 Å². The third-order valence-electron chi connectivity index (χ3n) is 4.03. The third kappa shape index (κ3) is 6.59. The molecule has 2 heterocycles. The number of amides is 1. The molecule has 2 aromatic heterocycles. The number of hydrogen-bond donors (Lipinski definition) is 3. The van der Waals surface area contributed by atoms with Gasteiger partial charge in [0.2, 0.25) is 5.91 Å². The lowest BCUT2D eigenvalue weighted by atomic mass is 10.2. The molecule has 1 amide bonds. The maximum Gasteiger partial charge on any atom is 0.244 e. The Balaban J connectivity index is 1.45. The predicted octanol–water partition coefficient (Wildman–Crippen LogP) is 3.17. The first-order valence-electron chi connectivity index (χ1n) is 9.50. The minimum absolute atomic E-state index is 0.163. The van der Waals surface area contributed by atoms with Gasteiger partial charge in [0.1, 0.15) is 29.0 Å². The van der Waals surface area contributed by atoms with E-state index in [2.05, 4.69) is 30.9 Å². The van der Waals surface area contributed by atoms with E-state index in [0.717, 1.165) is 11.3 Å². The highest BCUT2D eigenvalue weighted by Gasteiger charge is 2.03. The Labute approximate surface area is 175 Å². The van der Waals surface area contributed by atoms with Gasteiger partial charge in [0.05, 0.1) is 7.11 Å². The highest BCUT2D eigenvalue weighted by molar-refractivity contribution is 5.91. The van der Waals surface area contributed by atoms with Gasteiger partial charge >= 0.3 is 0 Å². The minimum Gasteiger partial charge on any atom is -0.497 e. The maximum atomic E-state index is 12.0. The molecular weight excluding hydrogens is 380 g/mol. The molecule has 0 saturated heterocycles. The second-order valence-electron chi connectivity index (χ2n) is 6.35. The van der Waals surface area contributed by atoms with Crippen molar-refractivity contribution in [2.75, 3.05) is 30.8 Å². The highest BCUT2D eigenvalue weighted by atomic mass is 16.5. The molecule has 0 spiro atoms. The van der Waals surface area contributed by atoms with E-state index in [1.165, 1.54) is 6.08 Å². The number of benzene rings is 1. The van der Waals surface area contributed by atoms with Gasteiger partial charge in [-0.1, -0.05) is 18.2 Å². The number of aryl methyl sites for hydroxylation is 1. The van der Waals surface area contributed by atoms with Gasteiger partial charge in [-0.15, -0.1) is 0 Å². The van der Waals surface area contributed by atoms with Crippen molar-refractivity contribution in [1.82, 2.24) is 20.3 Å². The Morgan fingerprint density at radius 3 is 2.57 bits per heavy atom. The molecule has 0 saturated carbocycles. The molecule has 154 valence electrons. The molecule has 3 aromatic rings. The standard InChI is InChI=1S/C22H24N6O2/c1-16-26-20(15-21(27-16)28-19-5-3-4-12-23-19)24-13-14-25-22(29)11-8-17-6-9-18(30-2)10-7-17/h3-12,15H,13-14H2,1-2H3,(H,25,29)(H2,23,24,26,27,28)/b11-8+. The smallest absolute Gasteiger partial charge is 0.244 e. The van der Waals surface area contributed by atoms with Crippen molar-refractivity contribution in [2.24, 2.45) is 0 Å². The van der Waals surface area contributed by atoms with Crippen molar-refractivity contribution in [3.8, 4) is 5.75 Å². The zero-order chi connectivity index (χ0) is 21.2. The van der Waals surface area contributed by atoms with Crippen LogP contribution in [0.3, 0.4) is 0 Å². The van der Waals surface area contributed by atoms with Gasteiger partial charge in [-0.3, -0.25) is 4.79 Å². The van der Waals surface area contributed by atoms with Gasteiger partial charge in [0.15, 0.2) is 0 Å². The molecule has 0 unspecified atom stereocenters. The number of anilines is 3. The van der Waals surface area contributed by atoms with Crippen molar-refractivity contribution in [2.45, 2.75) is 6.92 Å². The fraction of sp³-hybridized carbons (Fsp3) is 0.182. The first-order valence-corrected chi connectivity index (χ1v) is 9.50. The van der Waals surface area contributed by atoms with E-state index in [9.17, 15) is 4.79 Å². The van der Waals surface area contributed by atoms with Crippen molar-refractivity contribution in [3.63, 3.8) is 0 Å². The van der Waals surface area contributed by atoms with Crippen LogP contribution in [-0.4, -0.2) is 41.1 Å². The molecule has 30 heavy (non-hydrogen) atoms. The molecule has 8 heteroatoms. The Bertz CT molecular complexity index is 990. The van der Waals surface area contributed by atoms with Crippen molar-refractivity contribution in [3.05, 3.63) is 72.2 Å². The van der Waals surface area contributed by atoms with Crippen LogP contribution in [0.25, 0.3) is 6.08 Å². The fourth-order valence-electron chi connectivity index (χ4n) is 2.61. The van der Waals surface area contributed by atoms with Gasteiger partial charge in [-0.25, -0.2) is 15.0 Å². The van der Waals surface area contributed by atoms with Crippen LogP contribution >= 0.6 is 0 Å². The maximum absolute atomic E-state index is 12.0. The average Bonchev–Trinajstić information content (AvgIpc) is 2.76. The van der Waals surface area contributed by atoms with Crippen LogP contribution in [0.15, 0.2) is 60.8 Å². The zero-order valence-electron chi connectivity index (χ0n) is 16.9. The predicted molar refractivity (Wildman–Crippen MR) is 118 cm³/mol. The summed E-state index contributed by atoms with van der Waals surface area (Å²) in [5, 5.41) is 9.17. The second kappa shape index (κ2) is 10.6. The second-order valence-corrected chi connectivity index (χ2v) is 6.35. The molecule has 0 radical (unpaired) electrons. The summed E-state index contributed by atoms with van der Waals surface area (Å²) in [5.41, 5.74) is 0.925. The third-order valence-corrected chi connectivity index (χ3v) is 4.03. The summed E-state index contributed by atoms with van der Waals surface area (Å²) >= 11 is 0. The van der Waals surface area contributed by atoms with E-state index < -0.39 is 0 Å². The number of hydrogen-bond acceptors (Lipinski definition) is 7. The average molecular weight is 404 g/mol. The molecule has 8 nitrogen and oxygen atoms in total. The normalized spacial score (nSPS) is 10.6. The molecule has 3 N–H and O–H groups in total. The quantitative estimate of drug-likeness (QED) is 0.372. The van der Waals surface area contributed by atoms with Crippen LogP contribution in [0.5, 0.6) is 5.75 Å². The number of pyridine rings is 1. The van der Waals surface area contributed by atoms with Gasteiger partial charge in [0, 0.05) is 31.4 Å². The molecule has 0 aliphatic heterocycles. The Morgan fingerprint density at radius 2 is 1.83 bits per heavy atom. The molecule has 0 bridgehead atoms. The molecule has 0 aliphatic rings. The summed E-state index contributed by atoms with van der Waals surface area (Å²) in [6.45, 7) is 2.81. The van der Waals surface area contributed by atoms with E-state index in [4.69, 9.17) is 4.74 Å². The largest absolute Gasteiger partial charge is 0.497 e. The van der Waals surface area contributed by atoms with E-state index in [1.54, 1.807) is 25.4 Å². The lowest BCUT2D eigenvalue weighted by molar-refractivity contribution is -0.116. The number of nitrogens with one attached hydrogen (secondary N) is 3. The first kappa shape index (κ1) is 20.8. The number of aromatic nitrogens is 3. The van der Waals surface area contributed by atoms with Crippen LogP contribution in [0.2, 0.25) is 0 Å². The lowest BCUT2D eigenvalue weighted by Gasteiger charge is -2.10. The van der Waals surface area contributed by atoms with Crippen molar-refractivity contribution < 1.29 is 9.53 Å². The minimum atomic E-state index is -0.163. The Kier molecular flexibility index (Phi) is 7.32. The van der Waals surface area contributed by atoms with Gasteiger partial charge in [-0.05, 0) is 42.8 Å². The topological polar surface area (TPSA) is 101 Å². The molecule has 0 fully saturated rings. The van der Waals surface area contributed by atoms with Gasteiger partial charge in [0.25, 0.3) is 0 Å². The highest BCUT2D eigenvalue weighted by Crippen LogP contribution is 2.15. The number of nitrogens with zero attached hydrogens (tertiary/aromatic N) is 3. The van der Waals surface area contributed by atoms with Crippen LogP contribution in [-0.2, 0) is 4.79 Å². The van der Waals surface area contributed by atoms with Crippen molar-refractivity contribution >= 4 is 29.4 Å². The summed E-state index contributed by atoms with van der Waals surface area (Å²) in [6.07, 6.45) is 4.97. The number of rotatable bonds is 9. The molecular formula is C22H24N6O2. The summed E-state index contributed by atoms with van der Waals surface area (Å²) < 4.78 is 5.11. The van der Waals surface area contributed by atoms with E-state index >= 15 is 0 Å². The number of carbonyl (C=O) groups excluding carboxylic acids is 1. The summed E-state index contributed by atoms with van der Waals surface area (Å²) in [4.78, 5) is 24.9. The fourth-order valence-corrected chi connectivity index (χ4v) is 2.61. The first-order chi connectivity index (χ1) is 14.6. The van der Waals surface area contributed by atoms with Gasteiger partial charge < -0.3 is 20.7 Å². The number of methoxy groups -OCH3 is 1. The van der Waals surface area contributed by atoms with E-state index in [0.29, 0.717) is 36.4 Å². The van der Waals surface area contributed by atoms with E-state index in [-0.39, 0.29) is 5.91 Å². The zero-order valence-corrected chi connectivity index (χ0v) is 16.9. The van der Waals surface area contributed by atoms with Crippen LogP contribution in [0, 0.1) is 6.92 Å². The van der Waals surface area contributed by atoms with Crippen LogP contribution in [0.1, 0.15) is 11.4 Å². The van der Waals surface area contributed by atoms with Crippen LogP contribution in [0.4, 0.5) is 17.5 Å². The van der Waals surface area contributed by atoms with Crippen molar-refractivity contribution in [1.29, 1.82) is 0 Å². The molecule has 3 rings (SSSR count). The van der Waals surface area contributed by atoms with E-state index in [1.807, 2.05) is 49.4 Å². The van der Waals surface area contributed by atoms with Gasteiger partial charge in [-0.2, -0.15) is 0 Å². The lowest BCUT2D eigenvalue weighted by Crippen LogP contribution is -2.27. The Morgan fingerprint density at radius 1 is 1.03 bits per heavy atom. The molecule has 1 aromatic carbocycles. The number of carbonyl (C=O) groups is 1. The SMILES string of the molecule is COc1ccc(/C=C/C(=O)NCCNc2cc(Nc3ccccn3)nc(C)n2)cc1. The molecule has 0 atom stereocenters. The monoisotopic (exact) mass is 404 g/mol. The summed E-state index contributed by atoms with van der Waals surface area (Å²) in [5.74, 6) is 3.27. The number of ether oxygens (including phenoxy) is 1. The molecule has 0 aliphatic carbocycles. The Hall–Kier alpha value is -3.94.